The van der Waals surface area contributed by atoms with Crippen LogP contribution < -0.4 is 10.5 Å². The molecule has 0 spiro atoms. The second kappa shape index (κ2) is 3.28. The summed E-state index contributed by atoms with van der Waals surface area (Å²) in [5.41, 5.74) is 8.88. The van der Waals surface area contributed by atoms with Crippen LogP contribution in [0.25, 0.3) is 0 Å². The summed E-state index contributed by atoms with van der Waals surface area (Å²) >= 11 is 0. The van der Waals surface area contributed by atoms with Gasteiger partial charge in [-0.05, 0) is 48.1 Å². The second-order valence-electron chi connectivity index (χ2n) is 4.50. The molecule has 2 nitrogen and oxygen atoms in total. The van der Waals surface area contributed by atoms with Crippen LogP contribution in [0.5, 0.6) is 5.75 Å². The third-order valence-corrected chi connectivity index (χ3v) is 3.14. The van der Waals surface area contributed by atoms with Crippen molar-refractivity contribution in [3.05, 3.63) is 29.3 Å². The highest BCUT2D eigenvalue weighted by atomic mass is 16.5. The number of ether oxygens (including phenoxy) is 1. The fourth-order valence-electron chi connectivity index (χ4n) is 2.19. The Balaban J connectivity index is 2.31. The van der Waals surface area contributed by atoms with E-state index in [2.05, 4.69) is 19.1 Å². The summed E-state index contributed by atoms with van der Waals surface area (Å²) in [7, 11) is 1.71. The van der Waals surface area contributed by atoms with E-state index in [1.165, 1.54) is 11.1 Å². The van der Waals surface area contributed by atoms with Gasteiger partial charge in [0, 0.05) is 0 Å². The van der Waals surface area contributed by atoms with Crippen molar-refractivity contribution in [1.82, 2.24) is 0 Å². The molecule has 0 aliphatic heterocycles. The minimum absolute atomic E-state index is 0.259. The molecule has 0 saturated heterocycles. The fourth-order valence-corrected chi connectivity index (χ4v) is 2.19. The lowest BCUT2D eigenvalue weighted by Crippen LogP contribution is -2.27. The van der Waals surface area contributed by atoms with E-state index in [0.717, 1.165) is 25.1 Å². The minimum Gasteiger partial charge on any atom is -0.497 e. The van der Waals surface area contributed by atoms with Crippen LogP contribution in [0.4, 0.5) is 0 Å². The van der Waals surface area contributed by atoms with Crippen LogP contribution in [0.15, 0.2) is 18.2 Å². The highest BCUT2D eigenvalue weighted by molar-refractivity contribution is 5.40. The summed E-state index contributed by atoms with van der Waals surface area (Å²) in [6.45, 7) is 3.00. The Morgan fingerprint density at radius 1 is 1.36 bits per heavy atom. The van der Waals surface area contributed by atoms with Crippen molar-refractivity contribution in [2.45, 2.75) is 19.8 Å². The van der Waals surface area contributed by atoms with Gasteiger partial charge in [0.05, 0.1) is 7.11 Å². The molecule has 1 aliphatic rings. The molecule has 0 radical (unpaired) electrons. The van der Waals surface area contributed by atoms with E-state index in [1.807, 2.05) is 6.07 Å². The molecular formula is C12H17NO. The Bertz CT molecular complexity index is 348. The fraction of sp³-hybridized carbons (Fsp3) is 0.500. The maximum absolute atomic E-state index is 5.79. The van der Waals surface area contributed by atoms with Gasteiger partial charge >= 0.3 is 0 Å². The first-order valence-corrected chi connectivity index (χ1v) is 5.03. The van der Waals surface area contributed by atoms with Crippen molar-refractivity contribution >= 4 is 0 Å². The first kappa shape index (κ1) is 9.53. The van der Waals surface area contributed by atoms with Crippen molar-refractivity contribution in [3.63, 3.8) is 0 Å². The van der Waals surface area contributed by atoms with Crippen LogP contribution in [0, 0.1) is 5.41 Å². The highest BCUT2D eigenvalue weighted by Gasteiger charge is 2.31. The Kier molecular flexibility index (Phi) is 2.23. The molecule has 1 atom stereocenters. The van der Waals surface area contributed by atoms with Gasteiger partial charge < -0.3 is 10.5 Å². The summed E-state index contributed by atoms with van der Waals surface area (Å²) in [5, 5.41) is 0. The third kappa shape index (κ3) is 1.50. The number of benzene rings is 1. The summed E-state index contributed by atoms with van der Waals surface area (Å²) in [4.78, 5) is 0. The van der Waals surface area contributed by atoms with Gasteiger partial charge in [0.1, 0.15) is 5.75 Å². The molecule has 2 rings (SSSR count). The van der Waals surface area contributed by atoms with E-state index in [0.29, 0.717) is 0 Å². The number of rotatable bonds is 2. The zero-order chi connectivity index (χ0) is 10.2. The molecule has 2 heteroatoms. The zero-order valence-corrected chi connectivity index (χ0v) is 8.84. The maximum Gasteiger partial charge on any atom is 0.119 e. The number of nitrogens with two attached hydrogens (primary N) is 1. The smallest absolute Gasteiger partial charge is 0.119 e. The Morgan fingerprint density at radius 2 is 2.07 bits per heavy atom. The van der Waals surface area contributed by atoms with Gasteiger partial charge in [0.2, 0.25) is 0 Å². The maximum atomic E-state index is 5.79. The predicted octanol–water partition coefficient (Wildman–Crippen LogP) is 1.76. The van der Waals surface area contributed by atoms with E-state index < -0.39 is 0 Å². The first-order valence-electron chi connectivity index (χ1n) is 5.03. The molecule has 0 fully saturated rings. The summed E-state index contributed by atoms with van der Waals surface area (Å²) in [5.74, 6) is 0.949. The molecule has 0 saturated carbocycles. The van der Waals surface area contributed by atoms with Crippen LogP contribution in [-0.4, -0.2) is 13.7 Å². The zero-order valence-electron chi connectivity index (χ0n) is 8.84. The second-order valence-corrected chi connectivity index (χ2v) is 4.50. The molecule has 0 bridgehead atoms. The average Bonchev–Trinajstić information content (AvgIpc) is 2.54. The van der Waals surface area contributed by atoms with Gasteiger partial charge in [-0.2, -0.15) is 0 Å². The van der Waals surface area contributed by atoms with E-state index in [-0.39, 0.29) is 5.41 Å². The molecule has 14 heavy (non-hydrogen) atoms. The van der Waals surface area contributed by atoms with Crippen molar-refractivity contribution in [3.8, 4) is 5.75 Å². The van der Waals surface area contributed by atoms with Crippen molar-refractivity contribution in [2.24, 2.45) is 11.1 Å². The van der Waals surface area contributed by atoms with Gasteiger partial charge in [-0.3, -0.25) is 0 Å². The van der Waals surface area contributed by atoms with E-state index in [9.17, 15) is 0 Å². The lowest BCUT2D eigenvalue weighted by molar-refractivity contribution is 0.359. The molecule has 1 aliphatic carbocycles. The van der Waals surface area contributed by atoms with E-state index in [1.54, 1.807) is 7.11 Å². The highest BCUT2D eigenvalue weighted by Crippen LogP contribution is 2.37. The van der Waals surface area contributed by atoms with Gasteiger partial charge in [-0.1, -0.05) is 13.0 Å². The quantitative estimate of drug-likeness (QED) is 0.773. The van der Waals surface area contributed by atoms with Crippen molar-refractivity contribution in [1.29, 1.82) is 0 Å². The topological polar surface area (TPSA) is 35.2 Å². The summed E-state index contributed by atoms with van der Waals surface area (Å²) in [6, 6.07) is 6.33. The van der Waals surface area contributed by atoms with Crippen LogP contribution in [0.2, 0.25) is 0 Å². The SMILES string of the molecule is COc1ccc2c(c1)CC(C)(CN)C2. The lowest BCUT2D eigenvalue weighted by Gasteiger charge is -2.20. The molecule has 76 valence electrons. The Labute approximate surface area is 85.1 Å². The molecule has 1 unspecified atom stereocenters. The number of methoxy groups -OCH3 is 1. The van der Waals surface area contributed by atoms with Gasteiger partial charge in [-0.15, -0.1) is 0 Å². The molecular weight excluding hydrogens is 174 g/mol. The Hall–Kier alpha value is -1.02. The van der Waals surface area contributed by atoms with Gasteiger partial charge in [-0.25, -0.2) is 0 Å². The van der Waals surface area contributed by atoms with Crippen LogP contribution in [0.1, 0.15) is 18.1 Å². The monoisotopic (exact) mass is 191 g/mol. The molecule has 0 aromatic heterocycles. The molecule has 0 heterocycles. The Morgan fingerprint density at radius 3 is 2.71 bits per heavy atom. The molecule has 0 amide bonds. The van der Waals surface area contributed by atoms with Crippen LogP contribution in [-0.2, 0) is 12.8 Å². The number of hydrogen-bond acceptors (Lipinski definition) is 2. The average molecular weight is 191 g/mol. The first-order chi connectivity index (χ1) is 6.67. The normalized spacial score (nSPS) is 24.8. The largest absolute Gasteiger partial charge is 0.497 e. The minimum atomic E-state index is 0.259. The summed E-state index contributed by atoms with van der Waals surface area (Å²) in [6.07, 6.45) is 2.18. The van der Waals surface area contributed by atoms with Gasteiger partial charge in [0.25, 0.3) is 0 Å². The third-order valence-electron chi connectivity index (χ3n) is 3.14. The van der Waals surface area contributed by atoms with Crippen molar-refractivity contribution < 1.29 is 4.74 Å². The molecule has 1 aromatic rings. The number of fused-ring (bicyclic) bond motifs is 1. The van der Waals surface area contributed by atoms with Gasteiger partial charge in [0.15, 0.2) is 0 Å². The molecule has 1 aromatic carbocycles. The molecule has 2 N–H and O–H groups in total. The summed E-state index contributed by atoms with van der Waals surface area (Å²) < 4.78 is 5.21. The standard InChI is InChI=1S/C12H17NO/c1-12(8-13)6-9-3-4-11(14-2)5-10(9)7-12/h3-5H,6-8,13H2,1-2H3. The van der Waals surface area contributed by atoms with Crippen molar-refractivity contribution in [2.75, 3.05) is 13.7 Å². The van der Waals surface area contributed by atoms with E-state index in [4.69, 9.17) is 10.5 Å². The van der Waals surface area contributed by atoms with Crippen LogP contribution >= 0.6 is 0 Å². The van der Waals surface area contributed by atoms with Crippen LogP contribution in [0.3, 0.4) is 0 Å². The lowest BCUT2D eigenvalue weighted by atomic mass is 9.88. The predicted molar refractivity (Wildman–Crippen MR) is 57.6 cm³/mol. The van der Waals surface area contributed by atoms with E-state index >= 15 is 0 Å². The number of hydrogen-bond donors (Lipinski definition) is 1.